The Balaban J connectivity index is 1.51. The Bertz CT molecular complexity index is 1170. The van der Waals surface area contributed by atoms with Gasteiger partial charge >= 0.3 is 5.63 Å². The van der Waals surface area contributed by atoms with Gasteiger partial charge < -0.3 is 9.32 Å². The molecular weight excluding hydrogens is 350 g/mol. The zero-order chi connectivity index (χ0) is 18.9. The Morgan fingerprint density at radius 1 is 0.857 bits per heavy atom. The second kappa shape index (κ2) is 7.00. The summed E-state index contributed by atoms with van der Waals surface area (Å²) in [5, 5.41) is 5.46. The summed E-state index contributed by atoms with van der Waals surface area (Å²) < 4.78 is 7.42. The van der Waals surface area contributed by atoms with Crippen LogP contribution in [0.15, 0.2) is 76.1 Å². The highest BCUT2D eigenvalue weighted by Crippen LogP contribution is 2.26. The van der Waals surface area contributed by atoms with Crippen LogP contribution in [0.1, 0.15) is 19.3 Å². The Morgan fingerprint density at radius 3 is 2.50 bits per heavy atom. The molecule has 1 saturated heterocycles. The van der Waals surface area contributed by atoms with Crippen molar-refractivity contribution in [2.45, 2.75) is 19.3 Å². The van der Waals surface area contributed by atoms with Gasteiger partial charge in [0.25, 0.3) is 0 Å². The molecule has 0 spiro atoms. The summed E-state index contributed by atoms with van der Waals surface area (Å²) in [4.78, 5) is 15.0. The van der Waals surface area contributed by atoms with Crippen molar-refractivity contribution in [3.8, 4) is 16.9 Å². The van der Waals surface area contributed by atoms with Crippen LogP contribution in [0.5, 0.6) is 0 Å². The third kappa shape index (κ3) is 3.09. The highest BCUT2D eigenvalue weighted by molar-refractivity contribution is 5.84. The number of fused-ring (bicyclic) bond motifs is 1. The number of nitrogens with zero attached hydrogens (tertiary/aromatic N) is 3. The second-order valence-corrected chi connectivity index (χ2v) is 7.20. The predicted octanol–water partition coefficient (Wildman–Crippen LogP) is 4.64. The fourth-order valence-corrected chi connectivity index (χ4v) is 3.82. The number of rotatable bonds is 3. The van der Waals surface area contributed by atoms with Gasteiger partial charge in [-0.15, -0.1) is 0 Å². The molecule has 5 heteroatoms. The highest BCUT2D eigenvalue weighted by atomic mass is 16.4. The van der Waals surface area contributed by atoms with Gasteiger partial charge in [-0.2, -0.15) is 5.10 Å². The fraction of sp³-hybridized carbons (Fsp3) is 0.217. The van der Waals surface area contributed by atoms with Crippen molar-refractivity contribution in [2.75, 3.05) is 18.0 Å². The number of benzene rings is 2. The van der Waals surface area contributed by atoms with Crippen molar-refractivity contribution < 1.29 is 4.42 Å². The van der Waals surface area contributed by atoms with E-state index in [9.17, 15) is 4.79 Å². The lowest BCUT2D eigenvalue weighted by Gasteiger charge is -2.28. The van der Waals surface area contributed by atoms with Crippen LogP contribution in [0, 0.1) is 0 Å². The van der Waals surface area contributed by atoms with E-state index in [1.165, 1.54) is 19.3 Å². The van der Waals surface area contributed by atoms with Crippen LogP contribution in [0.3, 0.4) is 0 Å². The first-order valence-corrected chi connectivity index (χ1v) is 9.72. The Hall–Kier alpha value is -3.34. The molecule has 2 aromatic carbocycles. The maximum atomic E-state index is 12.6. The number of anilines is 1. The van der Waals surface area contributed by atoms with E-state index in [0.717, 1.165) is 29.9 Å². The van der Waals surface area contributed by atoms with E-state index in [-0.39, 0.29) is 5.63 Å². The van der Waals surface area contributed by atoms with Gasteiger partial charge in [0.2, 0.25) is 0 Å². The summed E-state index contributed by atoms with van der Waals surface area (Å²) in [7, 11) is 0. The van der Waals surface area contributed by atoms with Gasteiger partial charge in [0.15, 0.2) is 0 Å². The summed E-state index contributed by atoms with van der Waals surface area (Å²) in [6.07, 6.45) is 5.57. The summed E-state index contributed by atoms with van der Waals surface area (Å²) in [5.41, 5.74) is 3.43. The number of piperidine rings is 1. The Kier molecular flexibility index (Phi) is 4.20. The van der Waals surface area contributed by atoms with Crippen LogP contribution in [0.2, 0.25) is 0 Å². The SMILES string of the molecule is O=c1oc2cc(N3CCCCC3)ccc2cc1-c1ccn(-c2ccccc2)n1. The molecule has 5 rings (SSSR count). The average Bonchev–Trinajstić information content (AvgIpc) is 3.24. The maximum Gasteiger partial charge on any atom is 0.345 e. The van der Waals surface area contributed by atoms with Crippen LogP contribution in [-0.4, -0.2) is 22.9 Å². The average molecular weight is 371 g/mol. The van der Waals surface area contributed by atoms with Crippen molar-refractivity contribution in [3.63, 3.8) is 0 Å². The van der Waals surface area contributed by atoms with Crippen molar-refractivity contribution in [1.29, 1.82) is 0 Å². The summed E-state index contributed by atoms with van der Waals surface area (Å²) in [6, 6.07) is 19.7. The molecule has 2 aromatic heterocycles. The van der Waals surface area contributed by atoms with Gasteiger partial charge in [0.05, 0.1) is 11.3 Å². The van der Waals surface area contributed by atoms with E-state index in [2.05, 4.69) is 16.1 Å². The quantitative estimate of drug-likeness (QED) is 0.493. The van der Waals surface area contributed by atoms with Gasteiger partial charge in [-0.05, 0) is 55.7 Å². The largest absolute Gasteiger partial charge is 0.422 e. The molecule has 0 N–H and O–H groups in total. The van der Waals surface area contributed by atoms with E-state index in [4.69, 9.17) is 4.42 Å². The molecule has 0 radical (unpaired) electrons. The van der Waals surface area contributed by atoms with Gasteiger partial charge in [0, 0.05) is 36.4 Å². The zero-order valence-electron chi connectivity index (χ0n) is 15.5. The third-order valence-electron chi connectivity index (χ3n) is 5.33. The topological polar surface area (TPSA) is 51.3 Å². The fourth-order valence-electron chi connectivity index (χ4n) is 3.82. The number of aromatic nitrogens is 2. The van der Waals surface area contributed by atoms with Crippen molar-refractivity contribution in [2.24, 2.45) is 0 Å². The minimum absolute atomic E-state index is 0.360. The van der Waals surface area contributed by atoms with Crippen molar-refractivity contribution in [1.82, 2.24) is 9.78 Å². The highest BCUT2D eigenvalue weighted by Gasteiger charge is 2.14. The lowest BCUT2D eigenvalue weighted by atomic mass is 10.1. The van der Waals surface area contributed by atoms with E-state index in [0.29, 0.717) is 16.8 Å². The Morgan fingerprint density at radius 2 is 1.68 bits per heavy atom. The van der Waals surface area contributed by atoms with Crippen LogP contribution in [-0.2, 0) is 0 Å². The summed E-state index contributed by atoms with van der Waals surface area (Å²) in [6.45, 7) is 2.12. The first-order chi connectivity index (χ1) is 13.8. The molecule has 0 unspecified atom stereocenters. The molecule has 4 aromatic rings. The standard InChI is InChI=1S/C23H21N3O2/c27-23-20(21-11-14-26(24-21)18-7-3-1-4-8-18)15-17-9-10-19(16-22(17)28-23)25-12-5-2-6-13-25/h1,3-4,7-11,14-16H,2,5-6,12-13H2. The molecule has 1 fully saturated rings. The molecule has 0 amide bonds. The van der Waals surface area contributed by atoms with Gasteiger partial charge in [-0.3, -0.25) is 0 Å². The molecule has 5 nitrogen and oxygen atoms in total. The minimum atomic E-state index is -0.360. The Labute approximate surface area is 162 Å². The summed E-state index contributed by atoms with van der Waals surface area (Å²) >= 11 is 0. The molecule has 3 heterocycles. The minimum Gasteiger partial charge on any atom is -0.422 e. The third-order valence-corrected chi connectivity index (χ3v) is 5.33. The lowest BCUT2D eigenvalue weighted by molar-refractivity contribution is 0.560. The molecule has 140 valence electrons. The van der Waals surface area contributed by atoms with Crippen molar-refractivity contribution >= 4 is 16.7 Å². The predicted molar refractivity (Wildman–Crippen MR) is 111 cm³/mol. The summed E-state index contributed by atoms with van der Waals surface area (Å²) in [5.74, 6) is 0. The zero-order valence-corrected chi connectivity index (χ0v) is 15.5. The molecule has 28 heavy (non-hydrogen) atoms. The van der Waals surface area contributed by atoms with Crippen LogP contribution in [0.25, 0.3) is 27.9 Å². The van der Waals surface area contributed by atoms with Gasteiger partial charge in [-0.25, -0.2) is 9.48 Å². The monoisotopic (exact) mass is 371 g/mol. The smallest absolute Gasteiger partial charge is 0.345 e. The first-order valence-electron chi connectivity index (χ1n) is 9.72. The van der Waals surface area contributed by atoms with Crippen LogP contribution in [0.4, 0.5) is 5.69 Å². The number of hydrogen-bond donors (Lipinski definition) is 0. The lowest BCUT2D eigenvalue weighted by Crippen LogP contribution is -2.29. The maximum absolute atomic E-state index is 12.6. The van der Waals surface area contributed by atoms with Gasteiger partial charge in [0.1, 0.15) is 11.3 Å². The molecule has 0 atom stereocenters. The molecule has 0 aliphatic carbocycles. The molecule has 1 aliphatic heterocycles. The van der Waals surface area contributed by atoms with E-state index in [1.807, 2.05) is 60.8 Å². The van der Waals surface area contributed by atoms with Crippen molar-refractivity contribution in [3.05, 3.63) is 77.3 Å². The molecule has 1 aliphatic rings. The first kappa shape index (κ1) is 16.8. The molecular formula is C23H21N3O2. The van der Waals surface area contributed by atoms with E-state index in [1.54, 1.807) is 4.68 Å². The van der Waals surface area contributed by atoms with E-state index >= 15 is 0 Å². The number of hydrogen-bond acceptors (Lipinski definition) is 4. The van der Waals surface area contributed by atoms with Gasteiger partial charge in [-0.1, -0.05) is 18.2 Å². The molecule has 0 saturated carbocycles. The molecule has 0 bridgehead atoms. The van der Waals surface area contributed by atoms with E-state index < -0.39 is 0 Å². The number of para-hydroxylation sites is 1. The normalized spacial score (nSPS) is 14.5. The van der Waals surface area contributed by atoms with Crippen LogP contribution < -0.4 is 10.5 Å². The second-order valence-electron chi connectivity index (χ2n) is 7.20. The van der Waals surface area contributed by atoms with Crippen LogP contribution >= 0.6 is 0 Å².